The Morgan fingerprint density at radius 1 is 1.02 bits per heavy atom. The summed E-state index contributed by atoms with van der Waals surface area (Å²) in [6.45, 7) is 1.37. The van der Waals surface area contributed by atoms with Crippen LogP contribution in [0.4, 0.5) is 13.2 Å². The van der Waals surface area contributed by atoms with E-state index in [1.165, 1.54) is 0 Å². The second kappa shape index (κ2) is 11.0. The highest BCUT2D eigenvalue weighted by Crippen LogP contribution is 2.39. The standard InChI is InChI=1S/C28H28F3N5O3S/c1-36(2)15-16-39-22-7-3-19(4-8-22)27-33-25(18-11-13-32-14-12-18)26(34-27)21-5-9-23-20(17-21)6-10-24(23)35-40(37,38)28(29,30)31/h3-5,7-9,11-14,17,24,35H,6,10,15-16H2,1-2H3,(H,33,34). The van der Waals surface area contributed by atoms with Gasteiger partial charge in [0.2, 0.25) is 0 Å². The van der Waals surface area contributed by atoms with Gasteiger partial charge in [-0.1, -0.05) is 12.1 Å². The van der Waals surface area contributed by atoms with Crippen molar-refractivity contribution in [1.29, 1.82) is 0 Å². The molecule has 4 aromatic rings. The molecule has 0 amide bonds. The molecule has 2 aromatic heterocycles. The number of aromatic amines is 1. The van der Waals surface area contributed by atoms with Crippen molar-refractivity contribution in [2.45, 2.75) is 24.4 Å². The van der Waals surface area contributed by atoms with E-state index in [0.29, 0.717) is 30.1 Å². The second-order valence-electron chi connectivity index (χ2n) is 9.79. The molecule has 1 aliphatic carbocycles. The Labute approximate surface area is 230 Å². The Kier molecular flexibility index (Phi) is 7.67. The number of hydrogen-bond acceptors (Lipinski definition) is 6. The van der Waals surface area contributed by atoms with E-state index >= 15 is 0 Å². The van der Waals surface area contributed by atoms with E-state index in [4.69, 9.17) is 9.72 Å². The third-order valence-corrected chi connectivity index (χ3v) is 7.91. The van der Waals surface area contributed by atoms with Gasteiger partial charge in [-0.3, -0.25) is 4.98 Å². The molecule has 0 radical (unpaired) electrons. The number of fused-ring (bicyclic) bond motifs is 1. The summed E-state index contributed by atoms with van der Waals surface area (Å²) in [4.78, 5) is 14.4. The van der Waals surface area contributed by atoms with Crippen molar-refractivity contribution >= 4 is 10.0 Å². The smallest absolute Gasteiger partial charge is 0.492 e. The number of pyridine rings is 1. The van der Waals surface area contributed by atoms with E-state index in [0.717, 1.165) is 40.2 Å². The van der Waals surface area contributed by atoms with Crippen LogP contribution >= 0.6 is 0 Å². The highest BCUT2D eigenvalue weighted by Gasteiger charge is 2.47. The van der Waals surface area contributed by atoms with Crippen LogP contribution in [0.15, 0.2) is 67.0 Å². The van der Waals surface area contributed by atoms with Crippen molar-refractivity contribution < 1.29 is 26.3 Å². The summed E-state index contributed by atoms with van der Waals surface area (Å²) in [6, 6.07) is 15.7. The van der Waals surface area contributed by atoms with Gasteiger partial charge in [-0.05, 0) is 80.5 Å². The number of alkyl halides is 3. The first-order valence-electron chi connectivity index (χ1n) is 12.6. The molecule has 2 aromatic carbocycles. The third kappa shape index (κ3) is 5.88. The summed E-state index contributed by atoms with van der Waals surface area (Å²) >= 11 is 0. The average molecular weight is 572 g/mol. The van der Waals surface area contributed by atoms with Gasteiger partial charge in [-0.15, -0.1) is 0 Å². The minimum absolute atomic E-state index is 0.236. The molecule has 2 heterocycles. The van der Waals surface area contributed by atoms with Crippen LogP contribution in [-0.4, -0.2) is 61.0 Å². The van der Waals surface area contributed by atoms with E-state index in [1.807, 2.05) is 61.5 Å². The quantitative estimate of drug-likeness (QED) is 0.288. The maximum Gasteiger partial charge on any atom is 0.511 e. The van der Waals surface area contributed by atoms with Gasteiger partial charge in [0.1, 0.15) is 18.2 Å². The summed E-state index contributed by atoms with van der Waals surface area (Å²) in [7, 11) is -1.49. The first kappa shape index (κ1) is 27.8. The minimum atomic E-state index is -5.45. The molecule has 5 rings (SSSR count). The van der Waals surface area contributed by atoms with Crippen molar-refractivity contribution in [2.24, 2.45) is 0 Å². The number of halogens is 3. The Balaban J connectivity index is 1.46. The van der Waals surface area contributed by atoms with Gasteiger partial charge in [0.05, 0.1) is 11.4 Å². The highest BCUT2D eigenvalue weighted by molar-refractivity contribution is 7.90. The summed E-state index contributed by atoms with van der Waals surface area (Å²) in [6.07, 6.45) is 4.03. The zero-order valence-corrected chi connectivity index (χ0v) is 22.7. The fourth-order valence-corrected chi connectivity index (χ4v) is 5.40. The molecular weight excluding hydrogens is 543 g/mol. The van der Waals surface area contributed by atoms with Gasteiger partial charge in [-0.25, -0.2) is 13.4 Å². The van der Waals surface area contributed by atoms with Gasteiger partial charge in [0, 0.05) is 41.7 Å². The first-order chi connectivity index (χ1) is 19.0. The maximum absolute atomic E-state index is 12.9. The highest BCUT2D eigenvalue weighted by atomic mass is 32.2. The topological polar surface area (TPSA) is 100 Å². The zero-order chi connectivity index (χ0) is 28.5. The lowest BCUT2D eigenvalue weighted by Crippen LogP contribution is -2.38. The number of H-pyrrole nitrogens is 1. The van der Waals surface area contributed by atoms with E-state index in [2.05, 4.69) is 9.97 Å². The maximum atomic E-state index is 12.9. The molecule has 0 aliphatic heterocycles. The lowest BCUT2D eigenvalue weighted by molar-refractivity contribution is -0.0451. The van der Waals surface area contributed by atoms with E-state index in [-0.39, 0.29) is 6.42 Å². The van der Waals surface area contributed by atoms with Crippen LogP contribution in [0.25, 0.3) is 33.9 Å². The SMILES string of the molecule is CN(C)CCOc1ccc(-c2nc(-c3ccc4c(c3)CCC4NS(=O)(=O)C(F)(F)F)c(-c3ccncc3)[nH]2)cc1. The number of nitrogens with one attached hydrogen (secondary N) is 2. The molecule has 0 saturated carbocycles. The minimum Gasteiger partial charge on any atom is -0.492 e. The molecule has 0 fully saturated rings. The number of imidazole rings is 1. The number of nitrogens with zero attached hydrogens (tertiary/aromatic N) is 3. The second-order valence-corrected chi connectivity index (χ2v) is 11.5. The zero-order valence-electron chi connectivity index (χ0n) is 21.9. The van der Waals surface area contributed by atoms with Crippen LogP contribution in [0.3, 0.4) is 0 Å². The van der Waals surface area contributed by atoms with Crippen molar-refractivity contribution in [2.75, 3.05) is 27.2 Å². The van der Waals surface area contributed by atoms with Gasteiger partial charge < -0.3 is 14.6 Å². The Morgan fingerprint density at radius 2 is 1.73 bits per heavy atom. The molecule has 1 aliphatic rings. The number of hydrogen-bond donors (Lipinski definition) is 2. The Bertz CT molecular complexity index is 1590. The molecule has 0 bridgehead atoms. The van der Waals surface area contributed by atoms with Crippen molar-refractivity contribution in [3.05, 3.63) is 78.1 Å². The fourth-order valence-electron chi connectivity index (χ4n) is 4.64. The van der Waals surface area contributed by atoms with Crippen LogP contribution < -0.4 is 9.46 Å². The Hall–Kier alpha value is -3.74. The normalized spacial score (nSPS) is 15.4. The number of sulfonamides is 1. The first-order valence-corrected chi connectivity index (χ1v) is 14.1. The molecule has 8 nitrogen and oxygen atoms in total. The predicted octanol–water partition coefficient (Wildman–Crippen LogP) is 5.17. The van der Waals surface area contributed by atoms with Crippen LogP contribution in [-0.2, 0) is 16.4 Å². The summed E-state index contributed by atoms with van der Waals surface area (Å²) in [5.41, 5.74) is -0.161. The summed E-state index contributed by atoms with van der Waals surface area (Å²) in [5, 5.41) is 0. The number of aromatic nitrogens is 3. The van der Waals surface area contributed by atoms with Crippen molar-refractivity contribution in [1.82, 2.24) is 24.6 Å². The van der Waals surface area contributed by atoms with E-state index < -0.39 is 21.6 Å². The lowest BCUT2D eigenvalue weighted by Gasteiger charge is -2.16. The van der Waals surface area contributed by atoms with Gasteiger partial charge in [-0.2, -0.15) is 17.9 Å². The van der Waals surface area contributed by atoms with Gasteiger partial charge in [0.15, 0.2) is 0 Å². The van der Waals surface area contributed by atoms with Crippen LogP contribution in [0.1, 0.15) is 23.6 Å². The molecule has 12 heteroatoms. The molecule has 40 heavy (non-hydrogen) atoms. The fraction of sp³-hybridized carbons (Fsp3) is 0.286. The number of rotatable bonds is 9. The third-order valence-electron chi connectivity index (χ3n) is 6.70. The lowest BCUT2D eigenvalue weighted by atomic mass is 10.0. The summed E-state index contributed by atoms with van der Waals surface area (Å²) < 4.78 is 69.7. The average Bonchev–Trinajstić information content (AvgIpc) is 3.53. The number of likely N-dealkylation sites (N-methyl/N-ethyl adjacent to an activating group) is 1. The largest absolute Gasteiger partial charge is 0.511 e. The molecule has 210 valence electrons. The van der Waals surface area contributed by atoms with Gasteiger partial charge in [0.25, 0.3) is 0 Å². The number of benzene rings is 2. The predicted molar refractivity (Wildman–Crippen MR) is 146 cm³/mol. The van der Waals surface area contributed by atoms with Crippen LogP contribution in [0.2, 0.25) is 0 Å². The van der Waals surface area contributed by atoms with E-state index in [1.54, 1.807) is 29.2 Å². The summed E-state index contributed by atoms with van der Waals surface area (Å²) in [5.74, 6) is 1.39. The van der Waals surface area contributed by atoms with Crippen molar-refractivity contribution in [3.8, 4) is 39.7 Å². The molecular formula is C28H28F3N5O3S. The van der Waals surface area contributed by atoms with Gasteiger partial charge >= 0.3 is 15.5 Å². The molecule has 1 unspecified atom stereocenters. The Morgan fingerprint density at radius 3 is 2.40 bits per heavy atom. The number of ether oxygens (including phenoxy) is 1. The molecule has 1 atom stereocenters. The number of aryl methyl sites for hydroxylation is 1. The van der Waals surface area contributed by atoms with E-state index in [9.17, 15) is 21.6 Å². The monoisotopic (exact) mass is 571 g/mol. The molecule has 2 N–H and O–H groups in total. The molecule has 0 spiro atoms. The van der Waals surface area contributed by atoms with Crippen LogP contribution in [0.5, 0.6) is 5.75 Å². The van der Waals surface area contributed by atoms with Crippen molar-refractivity contribution in [3.63, 3.8) is 0 Å². The molecule has 0 saturated heterocycles. The van der Waals surface area contributed by atoms with Crippen LogP contribution in [0, 0.1) is 0 Å².